The number of aliphatic imine (C=N–C) groups is 1. The number of aromatic nitrogens is 2. The summed E-state index contributed by atoms with van der Waals surface area (Å²) in [7, 11) is 1.57. The number of halogens is 3. The van der Waals surface area contributed by atoms with Crippen LogP contribution in [0.4, 0.5) is 8.78 Å². The minimum Gasteiger partial charge on any atom is -0.453 e. The number of benzene rings is 1. The molecule has 12 heteroatoms. The van der Waals surface area contributed by atoms with Crippen molar-refractivity contribution >= 4 is 41.0 Å². The molecule has 0 aliphatic carbocycles. The molecule has 0 fully saturated rings. The van der Waals surface area contributed by atoms with E-state index >= 15 is 0 Å². The summed E-state index contributed by atoms with van der Waals surface area (Å²) < 4.78 is 36.9. The third-order valence-electron chi connectivity index (χ3n) is 4.48. The molecule has 36 heavy (non-hydrogen) atoms. The maximum atomic E-state index is 14.8. The lowest BCUT2D eigenvalue weighted by molar-refractivity contribution is 0.471. The molecule has 188 valence electrons. The minimum atomic E-state index is -0.604. The third-order valence-corrected chi connectivity index (χ3v) is 6.40. The fraction of sp³-hybridized carbons (Fsp3) is 0.125. The number of hydrogen-bond donors (Lipinski definition) is 3. The summed E-state index contributed by atoms with van der Waals surface area (Å²) in [5, 5.41) is 1.92. The van der Waals surface area contributed by atoms with Crippen LogP contribution in [0.3, 0.4) is 0 Å². The van der Waals surface area contributed by atoms with Gasteiger partial charge in [0.1, 0.15) is 23.1 Å². The van der Waals surface area contributed by atoms with Crippen LogP contribution in [0.2, 0.25) is 5.02 Å². The second kappa shape index (κ2) is 13.1. The van der Waals surface area contributed by atoms with E-state index < -0.39 is 11.8 Å². The zero-order valence-electron chi connectivity index (χ0n) is 19.3. The highest BCUT2D eigenvalue weighted by Gasteiger charge is 2.17. The largest absolute Gasteiger partial charge is 0.453 e. The first-order valence-corrected chi connectivity index (χ1v) is 12.8. The summed E-state index contributed by atoms with van der Waals surface area (Å²) in [5.41, 5.74) is 13.2. The third kappa shape index (κ3) is 7.12. The second-order valence-electron chi connectivity index (χ2n) is 6.93. The smallest absolute Gasteiger partial charge is 0.212 e. The van der Waals surface area contributed by atoms with E-state index in [1.807, 2.05) is 6.92 Å². The van der Waals surface area contributed by atoms with Crippen LogP contribution in [0.25, 0.3) is 11.3 Å². The SMILES string of the molecule is CCS/C=C(\N)NSc1cc(Cl)c(Oc2ccc(-c3ccc(F)nc3)nc2C(C=CN)=NC)cc1F. The molecule has 0 spiro atoms. The molecular weight excluding hydrogens is 526 g/mol. The van der Waals surface area contributed by atoms with Gasteiger partial charge in [-0.25, -0.2) is 14.4 Å². The average molecular weight is 549 g/mol. The predicted molar refractivity (Wildman–Crippen MR) is 144 cm³/mol. The first-order chi connectivity index (χ1) is 17.4. The number of nitrogens with one attached hydrogen (secondary N) is 1. The summed E-state index contributed by atoms with van der Waals surface area (Å²) in [6.45, 7) is 2.00. The second-order valence-corrected chi connectivity index (χ2v) is 9.33. The van der Waals surface area contributed by atoms with Gasteiger partial charge in [0.25, 0.3) is 0 Å². The Kier molecular flexibility index (Phi) is 9.97. The molecule has 0 aliphatic rings. The highest BCUT2D eigenvalue weighted by molar-refractivity contribution is 8.02. The van der Waals surface area contributed by atoms with Crippen molar-refractivity contribution in [2.24, 2.45) is 16.5 Å². The Morgan fingerprint density at radius 1 is 1.22 bits per heavy atom. The number of thioether (sulfide) groups is 1. The van der Waals surface area contributed by atoms with E-state index in [2.05, 4.69) is 19.7 Å². The standard InChI is InChI=1S/C24H23ClF2N6OS2/c1-3-35-13-23(29)33-36-21-10-15(25)20(11-16(21)26)34-19-6-5-17(14-4-7-22(27)31-12-14)32-24(19)18(30-2)8-9-28/h4-13,33H,3,28-29H2,1-2H3/b9-8?,23-13+,30-18?. The number of nitrogens with two attached hydrogens (primary N) is 2. The number of rotatable bonds is 10. The predicted octanol–water partition coefficient (Wildman–Crippen LogP) is 5.87. The maximum Gasteiger partial charge on any atom is 0.212 e. The quantitative estimate of drug-likeness (QED) is 0.164. The number of nitrogens with zero attached hydrogens (tertiary/aromatic N) is 3. The Hall–Kier alpha value is -3.28. The number of pyridine rings is 2. The molecule has 7 nitrogen and oxygen atoms in total. The van der Waals surface area contributed by atoms with Crippen molar-refractivity contribution in [3.8, 4) is 22.8 Å². The molecule has 2 aromatic heterocycles. The molecule has 0 saturated heterocycles. The molecule has 0 unspecified atom stereocenters. The van der Waals surface area contributed by atoms with Crippen LogP contribution in [-0.2, 0) is 0 Å². The van der Waals surface area contributed by atoms with E-state index in [1.165, 1.54) is 42.4 Å². The molecule has 2 heterocycles. The fourth-order valence-electron chi connectivity index (χ4n) is 2.85. The van der Waals surface area contributed by atoms with Crippen LogP contribution in [-0.4, -0.2) is 28.5 Å². The maximum absolute atomic E-state index is 14.8. The lowest BCUT2D eigenvalue weighted by Crippen LogP contribution is -2.12. The lowest BCUT2D eigenvalue weighted by atomic mass is 10.1. The van der Waals surface area contributed by atoms with Crippen LogP contribution < -0.4 is 20.9 Å². The Bertz CT molecular complexity index is 1300. The molecule has 0 bridgehead atoms. The zero-order valence-corrected chi connectivity index (χ0v) is 21.7. The van der Waals surface area contributed by atoms with Gasteiger partial charge in [-0.2, -0.15) is 4.39 Å². The van der Waals surface area contributed by atoms with Gasteiger partial charge < -0.3 is 20.9 Å². The van der Waals surface area contributed by atoms with Crippen LogP contribution in [0.5, 0.6) is 11.5 Å². The normalized spacial score (nSPS) is 12.2. The first kappa shape index (κ1) is 27.3. The van der Waals surface area contributed by atoms with Gasteiger partial charge >= 0.3 is 0 Å². The molecule has 0 aliphatic heterocycles. The molecule has 0 atom stereocenters. The Balaban J connectivity index is 1.94. The van der Waals surface area contributed by atoms with Gasteiger partial charge in [0.2, 0.25) is 5.95 Å². The van der Waals surface area contributed by atoms with Crippen molar-refractivity contribution in [2.45, 2.75) is 11.8 Å². The van der Waals surface area contributed by atoms with Crippen molar-refractivity contribution in [3.05, 3.63) is 88.6 Å². The van der Waals surface area contributed by atoms with Crippen LogP contribution in [0, 0.1) is 11.8 Å². The van der Waals surface area contributed by atoms with Crippen molar-refractivity contribution in [2.75, 3.05) is 12.8 Å². The van der Waals surface area contributed by atoms with Crippen molar-refractivity contribution in [1.29, 1.82) is 0 Å². The van der Waals surface area contributed by atoms with Crippen LogP contribution in [0.15, 0.2) is 76.0 Å². The van der Waals surface area contributed by atoms with Gasteiger partial charge in [-0.3, -0.25) is 4.99 Å². The van der Waals surface area contributed by atoms with E-state index in [-0.39, 0.29) is 21.4 Å². The highest BCUT2D eigenvalue weighted by atomic mass is 35.5. The van der Waals surface area contributed by atoms with Gasteiger partial charge in [-0.05, 0) is 60.3 Å². The van der Waals surface area contributed by atoms with Crippen LogP contribution >= 0.6 is 35.3 Å². The highest BCUT2D eigenvalue weighted by Crippen LogP contribution is 2.36. The van der Waals surface area contributed by atoms with Crippen molar-refractivity contribution in [3.63, 3.8) is 0 Å². The molecule has 0 saturated carbocycles. The van der Waals surface area contributed by atoms with Gasteiger partial charge in [-0.15, -0.1) is 11.8 Å². The van der Waals surface area contributed by atoms with E-state index in [9.17, 15) is 8.78 Å². The number of hydrogen-bond acceptors (Lipinski definition) is 9. The summed E-state index contributed by atoms with van der Waals surface area (Å²) in [4.78, 5) is 12.7. The summed E-state index contributed by atoms with van der Waals surface area (Å²) in [6.07, 6.45) is 4.22. The Morgan fingerprint density at radius 3 is 2.69 bits per heavy atom. The molecule has 0 amide bonds. The first-order valence-electron chi connectivity index (χ1n) is 10.5. The van der Waals surface area contributed by atoms with E-state index in [0.29, 0.717) is 28.5 Å². The number of ether oxygens (including phenoxy) is 1. The fourth-order valence-corrected chi connectivity index (χ4v) is 4.21. The van der Waals surface area contributed by atoms with E-state index in [4.69, 9.17) is 27.8 Å². The topological polar surface area (TPSA) is 111 Å². The molecule has 3 aromatic rings. The summed E-state index contributed by atoms with van der Waals surface area (Å²) >= 11 is 8.92. The average Bonchev–Trinajstić information content (AvgIpc) is 2.88. The Labute approximate surface area is 221 Å². The van der Waals surface area contributed by atoms with Crippen molar-refractivity contribution < 1.29 is 13.5 Å². The molecule has 0 radical (unpaired) electrons. The van der Waals surface area contributed by atoms with Gasteiger partial charge in [-0.1, -0.05) is 18.5 Å². The summed E-state index contributed by atoms with van der Waals surface area (Å²) in [6, 6.07) is 8.69. The summed E-state index contributed by atoms with van der Waals surface area (Å²) in [5.74, 6) is 0.439. The van der Waals surface area contributed by atoms with Crippen LogP contribution in [0.1, 0.15) is 12.6 Å². The molecular formula is C24H23ClF2N6OS2. The van der Waals surface area contributed by atoms with Gasteiger partial charge in [0.15, 0.2) is 5.75 Å². The lowest BCUT2D eigenvalue weighted by Gasteiger charge is -2.14. The van der Waals surface area contributed by atoms with E-state index in [0.717, 1.165) is 17.7 Å². The van der Waals surface area contributed by atoms with Gasteiger partial charge in [0.05, 0.1) is 21.3 Å². The molecule has 3 rings (SSSR count). The zero-order chi connectivity index (χ0) is 26.1. The van der Waals surface area contributed by atoms with Gasteiger partial charge in [0, 0.05) is 30.3 Å². The monoisotopic (exact) mass is 548 g/mol. The number of allylic oxidation sites excluding steroid dienone is 1. The molecule has 1 aromatic carbocycles. The molecule has 5 N–H and O–H groups in total. The van der Waals surface area contributed by atoms with Crippen molar-refractivity contribution in [1.82, 2.24) is 14.7 Å². The Morgan fingerprint density at radius 2 is 2.03 bits per heavy atom. The van der Waals surface area contributed by atoms with E-state index in [1.54, 1.807) is 36.7 Å². The minimum absolute atomic E-state index is 0.0787.